The van der Waals surface area contributed by atoms with E-state index in [4.69, 9.17) is 12.2 Å². The second kappa shape index (κ2) is 9.61. The maximum atomic E-state index is 12.3. The normalized spacial score (nSPS) is 10.1. The molecule has 2 amide bonds. The predicted octanol–water partition coefficient (Wildman–Crippen LogP) is 2.74. The Morgan fingerprint density at radius 3 is 2.14 bits per heavy atom. The molecule has 7 nitrogen and oxygen atoms in total. The summed E-state index contributed by atoms with van der Waals surface area (Å²) in [4.78, 5) is 36.1. The third kappa shape index (κ3) is 5.62. The summed E-state index contributed by atoms with van der Waals surface area (Å²) in [6.07, 6.45) is 0. The largest absolute Gasteiger partial charge is 0.465 e. The van der Waals surface area contributed by atoms with Gasteiger partial charge >= 0.3 is 5.97 Å². The fourth-order valence-corrected chi connectivity index (χ4v) is 2.54. The average Bonchev–Trinajstić information content (AvgIpc) is 2.67. The highest BCUT2D eigenvalue weighted by atomic mass is 32.1. The molecular weight excluding hydrogens is 378 g/mol. The number of anilines is 1. The van der Waals surface area contributed by atoms with Crippen LogP contribution in [0.15, 0.2) is 48.5 Å². The Balaban J connectivity index is 2.05. The van der Waals surface area contributed by atoms with E-state index < -0.39 is 11.9 Å². The lowest BCUT2D eigenvalue weighted by atomic mass is 10.1. The topological polar surface area (TPSA) is 96.5 Å². The molecule has 0 unspecified atom stereocenters. The van der Waals surface area contributed by atoms with E-state index in [2.05, 4.69) is 20.7 Å². The summed E-state index contributed by atoms with van der Waals surface area (Å²) < 4.78 is 4.62. The van der Waals surface area contributed by atoms with Crippen LogP contribution in [0.3, 0.4) is 0 Å². The van der Waals surface area contributed by atoms with Crippen molar-refractivity contribution in [1.29, 1.82) is 0 Å². The summed E-state index contributed by atoms with van der Waals surface area (Å²) >= 11 is 5.18. The van der Waals surface area contributed by atoms with Gasteiger partial charge in [-0.25, -0.2) is 4.79 Å². The highest BCUT2D eigenvalue weighted by molar-refractivity contribution is 7.80. The molecule has 0 saturated heterocycles. The molecule has 28 heavy (non-hydrogen) atoms. The van der Waals surface area contributed by atoms with Crippen LogP contribution in [0.1, 0.15) is 44.9 Å². The van der Waals surface area contributed by atoms with Gasteiger partial charge in [-0.15, -0.1) is 0 Å². The van der Waals surface area contributed by atoms with Crippen LogP contribution >= 0.6 is 12.2 Å². The van der Waals surface area contributed by atoms with Gasteiger partial charge in [-0.3, -0.25) is 14.9 Å². The van der Waals surface area contributed by atoms with Crippen LogP contribution in [0.5, 0.6) is 0 Å². The standard InChI is InChI=1S/C20H21N3O4S/c1-12(2)21-18(25)15-6-4-5-7-16(15)22-20(28)23-17(24)13-8-10-14(11-9-13)19(26)27-3/h4-12H,1-3H3,(H,21,25)(H2,22,23,24,28). The van der Waals surface area contributed by atoms with Gasteiger partial charge in [0, 0.05) is 11.6 Å². The van der Waals surface area contributed by atoms with Crippen molar-refractivity contribution in [3.05, 3.63) is 65.2 Å². The number of amides is 2. The molecule has 0 atom stereocenters. The number of para-hydroxylation sites is 1. The molecule has 0 bridgehead atoms. The number of methoxy groups -OCH3 is 1. The summed E-state index contributed by atoms with van der Waals surface area (Å²) in [7, 11) is 1.28. The highest BCUT2D eigenvalue weighted by Crippen LogP contribution is 2.15. The molecule has 0 spiro atoms. The van der Waals surface area contributed by atoms with E-state index in [1.54, 1.807) is 24.3 Å². The molecule has 0 heterocycles. The second-order valence-electron chi connectivity index (χ2n) is 6.15. The fraction of sp³-hybridized carbons (Fsp3) is 0.200. The minimum absolute atomic E-state index is 0.0137. The zero-order valence-electron chi connectivity index (χ0n) is 15.7. The summed E-state index contributed by atoms with van der Waals surface area (Å²) in [5, 5.41) is 8.28. The molecule has 0 saturated carbocycles. The van der Waals surface area contributed by atoms with Crippen molar-refractivity contribution in [3.8, 4) is 0 Å². The average molecular weight is 399 g/mol. The highest BCUT2D eigenvalue weighted by Gasteiger charge is 2.14. The fourth-order valence-electron chi connectivity index (χ4n) is 2.33. The Hall–Kier alpha value is -3.26. The molecule has 0 aromatic heterocycles. The van der Waals surface area contributed by atoms with Crippen LogP contribution in [-0.2, 0) is 4.74 Å². The molecule has 146 valence electrons. The number of ether oxygens (including phenoxy) is 1. The van der Waals surface area contributed by atoms with Crippen molar-refractivity contribution in [2.45, 2.75) is 19.9 Å². The molecule has 2 rings (SSSR count). The first kappa shape index (κ1) is 21.0. The van der Waals surface area contributed by atoms with Gasteiger partial charge in [0.1, 0.15) is 0 Å². The number of carbonyl (C=O) groups excluding carboxylic acids is 3. The molecule has 0 aliphatic carbocycles. The Labute approximate surface area is 168 Å². The SMILES string of the molecule is COC(=O)c1ccc(C(=O)NC(=S)Nc2ccccc2C(=O)NC(C)C)cc1. The Kier molecular flexibility index (Phi) is 7.22. The van der Waals surface area contributed by atoms with Crippen molar-refractivity contribution in [1.82, 2.24) is 10.6 Å². The van der Waals surface area contributed by atoms with Crippen LogP contribution in [0.25, 0.3) is 0 Å². The van der Waals surface area contributed by atoms with Gasteiger partial charge in [0.25, 0.3) is 11.8 Å². The lowest BCUT2D eigenvalue weighted by molar-refractivity contribution is 0.0600. The van der Waals surface area contributed by atoms with E-state index in [9.17, 15) is 14.4 Å². The van der Waals surface area contributed by atoms with Gasteiger partial charge in [0.15, 0.2) is 5.11 Å². The van der Waals surface area contributed by atoms with E-state index in [0.717, 1.165) is 0 Å². The quantitative estimate of drug-likeness (QED) is 0.528. The zero-order chi connectivity index (χ0) is 20.7. The molecular formula is C20H21N3O4S. The van der Waals surface area contributed by atoms with E-state index in [0.29, 0.717) is 22.4 Å². The van der Waals surface area contributed by atoms with E-state index in [1.165, 1.54) is 31.4 Å². The predicted molar refractivity (Wildman–Crippen MR) is 111 cm³/mol. The minimum atomic E-state index is -0.486. The first-order valence-electron chi connectivity index (χ1n) is 8.52. The monoisotopic (exact) mass is 399 g/mol. The molecule has 2 aromatic carbocycles. The van der Waals surface area contributed by atoms with E-state index >= 15 is 0 Å². The van der Waals surface area contributed by atoms with Crippen LogP contribution in [0.2, 0.25) is 0 Å². The second-order valence-corrected chi connectivity index (χ2v) is 6.56. The van der Waals surface area contributed by atoms with Crippen LogP contribution in [-0.4, -0.2) is 36.0 Å². The number of hydrogen-bond acceptors (Lipinski definition) is 5. The Morgan fingerprint density at radius 1 is 0.929 bits per heavy atom. The van der Waals surface area contributed by atoms with Gasteiger partial charge in [0.2, 0.25) is 0 Å². The van der Waals surface area contributed by atoms with Crippen molar-refractivity contribution >= 4 is 40.8 Å². The van der Waals surface area contributed by atoms with Crippen molar-refractivity contribution in [3.63, 3.8) is 0 Å². The van der Waals surface area contributed by atoms with Crippen LogP contribution in [0, 0.1) is 0 Å². The Bertz CT molecular complexity index is 895. The van der Waals surface area contributed by atoms with Gasteiger partial charge < -0.3 is 15.4 Å². The maximum absolute atomic E-state index is 12.3. The molecule has 0 aliphatic heterocycles. The summed E-state index contributed by atoms with van der Waals surface area (Å²) in [5.41, 5.74) is 1.55. The lowest BCUT2D eigenvalue weighted by Crippen LogP contribution is -2.35. The summed E-state index contributed by atoms with van der Waals surface area (Å²) in [5.74, 6) is -1.18. The lowest BCUT2D eigenvalue weighted by Gasteiger charge is -2.14. The first-order valence-corrected chi connectivity index (χ1v) is 8.93. The number of rotatable bonds is 5. The molecule has 0 fully saturated rings. The maximum Gasteiger partial charge on any atom is 0.337 e. The summed E-state index contributed by atoms with van der Waals surface area (Å²) in [6.45, 7) is 3.73. The van der Waals surface area contributed by atoms with Crippen LogP contribution in [0.4, 0.5) is 5.69 Å². The third-order valence-electron chi connectivity index (χ3n) is 3.63. The van der Waals surface area contributed by atoms with E-state index in [1.807, 2.05) is 13.8 Å². The molecule has 0 radical (unpaired) electrons. The smallest absolute Gasteiger partial charge is 0.337 e. The van der Waals surface area contributed by atoms with Gasteiger partial charge in [0.05, 0.1) is 23.9 Å². The summed E-state index contributed by atoms with van der Waals surface area (Å²) in [6, 6.07) is 12.8. The number of hydrogen-bond donors (Lipinski definition) is 3. The van der Waals surface area contributed by atoms with Gasteiger partial charge in [-0.05, 0) is 62.5 Å². The molecule has 2 aromatic rings. The minimum Gasteiger partial charge on any atom is -0.465 e. The van der Waals surface area contributed by atoms with E-state index in [-0.39, 0.29) is 17.1 Å². The zero-order valence-corrected chi connectivity index (χ0v) is 16.6. The first-order chi connectivity index (χ1) is 13.3. The number of nitrogens with one attached hydrogen (secondary N) is 3. The third-order valence-corrected chi connectivity index (χ3v) is 3.84. The number of esters is 1. The van der Waals surface area contributed by atoms with Gasteiger partial charge in [-0.1, -0.05) is 12.1 Å². The van der Waals surface area contributed by atoms with Gasteiger partial charge in [-0.2, -0.15) is 0 Å². The van der Waals surface area contributed by atoms with Crippen molar-refractivity contribution in [2.24, 2.45) is 0 Å². The molecule has 8 heteroatoms. The van der Waals surface area contributed by atoms with Crippen molar-refractivity contribution in [2.75, 3.05) is 12.4 Å². The van der Waals surface area contributed by atoms with Crippen LogP contribution < -0.4 is 16.0 Å². The molecule has 0 aliphatic rings. The Morgan fingerprint density at radius 2 is 1.54 bits per heavy atom. The number of carbonyl (C=O) groups is 3. The number of benzene rings is 2. The molecule has 3 N–H and O–H groups in total. The van der Waals surface area contributed by atoms with Crippen molar-refractivity contribution < 1.29 is 19.1 Å². The number of thiocarbonyl (C=S) groups is 1.